The quantitative estimate of drug-likeness (QED) is 0.361. The molecule has 2 unspecified atom stereocenters. The number of fused-ring (bicyclic) bond motifs is 1. The van der Waals surface area contributed by atoms with Crippen molar-refractivity contribution in [1.29, 1.82) is 0 Å². The highest BCUT2D eigenvalue weighted by atomic mass is 35.5. The SMILES string of the molecule is Cc1nc2cc(OCC(O)CN3CCN(Cc4cc(-c5ccccc5Cl)on4)C(C)C3)ccc2s1. The van der Waals surface area contributed by atoms with Gasteiger partial charge in [0.15, 0.2) is 5.76 Å². The fourth-order valence-electron chi connectivity index (χ4n) is 4.51. The van der Waals surface area contributed by atoms with Gasteiger partial charge < -0.3 is 14.4 Å². The summed E-state index contributed by atoms with van der Waals surface area (Å²) in [7, 11) is 0. The molecule has 0 bridgehead atoms. The molecular formula is C26H29ClN4O3S. The number of β-amino-alcohol motifs (C(OH)–C–C–N with tert-alkyl or cyclic N) is 1. The van der Waals surface area contributed by atoms with Gasteiger partial charge in [-0.1, -0.05) is 28.9 Å². The Morgan fingerprint density at radius 2 is 2.09 bits per heavy atom. The topological polar surface area (TPSA) is 74.9 Å². The highest BCUT2D eigenvalue weighted by Gasteiger charge is 2.26. The number of aliphatic hydroxyl groups is 1. The molecule has 9 heteroatoms. The van der Waals surface area contributed by atoms with Gasteiger partial charge in [0.1, 0.15) is 18.5 Å². The van der Waals surface area contributed by atoms with Crippen LogP contribution >= 0.6 is 22.9 Å². The Hall–Kier alpha value is -2.49. The van der Waals surface area contributed by atoms with Crippen LogP contribution < -0.4 is 4.74 Å². The van der Waals surface area contributed by atoms with Crippen molar-refractivity contribution in [3.8, 4) is 17.1 Å². The van der Waals surface area contributed by atoms with E-state index in [4.69, 9.17) is 20.9 Å². The third-order valence-corrected chi connectivity index (χ3v) is 7.57. The predicted octanol–water partition coefficient (Wildman–Crippen LogP) is 4.86. The maximum absolute atomic E-state index is 10.6. The molecule has 2 aromatic heterocycles. The summed E-state index contributed by atoms with van der Waals surface area (Å²) in [5, 5.41) is 16.5. The third kappa shape index (κ3) is 5.85. The van der Waals surface area contributed by atoms with Gasteiger partial charge in [-0.25, -0.2) is 4.98 Å². The lowest BCUT2D eigenvalue weighted by Gasteiger charge is -2.40. The molecule has 1 N–H and O–H groups in total. The van der Waals surface area contributed by atoms with Crippen molar-refractivity contribution in [2.24, 2.45) is 0 Å². The van der Waals surface area contributed by atoms with Crippen molar-refractivity contribution in [3.63, 3.8) is 0 Å². The third-order valence-electron chi connectivity index (χ3n) is 6.29. The molecule has 1 saturated heterocycles. The fourth-order valence-corrected chi connectivity index (χ4v) is 5.55. The number of piperazine rings is 1. The summed E-state index contributed by atoms with van der Waals surface area (Å²) in [6.07, 6.45) is -0.560. The van der Waals surface area contributed by atoms with Crippen LogP contribution in [0.5, 0.6) is 5.75 Å². The molecule has 5 rings (SSSR count). The zero-order chi connectivity index (χ0) is 24.4. The smallest absolute Gasteiger partial charge is 0.168 e. The van der Waals surface area contributed by atoms with Crippen molar-refractivity contribution < 1.29 is 14.4 Å². The normalized spacial score (nSPS) is 18.2. The van der Waals surface area contributed by atoms with Crippen LogP contribution in [0.2, 0.25) is 5.02 Å². The van der Waals surface area contributed by atoms with Crippen LogP contribution in [0.25, 0.3) is 21.5 Å². The van der Waals surface area contributed by atoms with Crippen molar-refractivity contribution in [1.82, 2.24) is 19.9 Å². The highest BCUT2D eigenvalue weighted by Crippen LogP contribution is 2.29. The van der Waals surface area contributed by atoms with E-state index in [0.29, 0.717) is 29.9 Å². The predicted molar refractivity (Wildman–Crippen MR) is 139 cm³/mol. The van der Waals surface area contributed by atoms with E-state index in [1.165, 1.54) is 0 Å². The average Bonchev–Trinajstić information content (AvgIpc) is 3.45. The van der Waals surface area contributed by atoms with E-state index in [-0.39, 0.29) is 6.61 Å². The Kier molecular flexibility index (Phi) is 7.36. The standard InChI is InChI=1S/C26H29ClN4O3S/c1-17-13-30(15-20(32)16-33-21-7-8-26-24(12-21)28-18(2)35-26)9-10-31(17)14-19-11-25(34-29-19)22-5-3-4-6-23(22)27/h3-8,11-12,17,20,32H,9-10,13-16H2,1-2H3. The minimum absolute atomic E-state index is 0.257. The van der Waals surface area contributed by atoms with Gasteiger partial charge in [0.05, 0.1) is 25.9 Å². The molecule has 3 heterocycles. The van der Waals surface area contributed by atoms with Gasteiger partial charge in [0.2, 0.25) is 0 Å². The van der Waals surface area contributed by atoms with Crippen LogP contribution in [0.3, 0.4) is 0 Å². The number of aromatic nitrogens is 2. The first-order valence-corrected chi connectivity index (χ1v) is 13.0. The first-order chi connectivity index (χ1) is 16.9. The van der Waals surface area contributed by atoms with Crippen LogP contribution in [0.15, 0.2) is 53.1 Å². The van der Waals surface area contributed by atoms with E-state index in [0.717, 1.165) is 51.9 Å². The zero-order valence-corrected chi connectivity index (χ0v) is 21.4. The van der Waals surface area contributed by atoms with Crippen LogP contribution in [-0.2, 0) is 6.54 Å². The average molecular weight is 513 g/mol. The molecule has 1 aliphatic rings. The molecule has 2 aromatic carbocycles. The second-order valence-electron chi connectivity index (χ2n) is 9.07. The number of thiazole rings is 1. The van der Waals surface area contributed by atoms with Gasteiger partial charge in [-0.15, -0.1) is 11.3 Å². The Balaban J connectivity index is 1.10. The van der Waals surface area contributed by atoms with Crippen LogP contribution in [0.1, 0.15) is 17.6 Å². The number of aliphatic hydroxyl groups excluding tert-OH is 1. The van der Waals surface area contributed by atoms with Crippen LogP contribution in [0.4, 0.5) is 0 Å². The molecule has 0 amide bonds. The van der Waals surface area contributed by atoms with E-state index in [1.807, 2.05) is 55.5 Å². The lowest BCUT2D eigenvalue weighted by atomic mass is 10.1. The van der Waals surface area contributed by atoms with Crippen molar-refractivity contribution >= 4 is 33.2 Å². The lowest BCUT2D eigenvalue weighted by molar-refractivity contribution is 0.0250. The van der Waals surface area contributed by atoms with Crippen molar-refractivity contribution in [2.75, 3.05) is 32.8 Å². The van der Waals surface area contributed by atoms with Crippen LogP contribution in [-0.4, -0.2) is 70.0 Å². The number of rotatable bonds is 8. The van der Waals surface area contributed by atoms with Gasteiger partial charge in [0.25, 0.3) is 0 Å². The van der Waals surface area contributed by atoms with E-state index >= 15 is 0 Å². The van der Waals surface area contributed by atoms with Gasteiger partial charge in [-0.05, 0) is 38.1 Å². The van der Waals surface area contributed by atoms with E-state index in [2.05, 4.69) is 26.9 Å². The molecule has 7 nitrogen and oxygen atoms in total. The monoisotopic (exact) mass is 512 g/mol. The Bertz CT molecular complexity index is 1290. The second kappa shape index (κ2) is 10.6. The molecular weight excluding hydrogens is 484 g/mol. The molecule has 1 fully saturated rings. The summed E-state index contributed by atoms with van der Waals surface area (Å²) in [6, 6.07) is 15.8. The van der Waals surface area contributed by atoms with Crippen molar-refractivity contribution in [2.45, 2.75) is 32.5 Å². The molecule has 2 atom stereocenters. The molecule has 1 aliphatic heterocycles. The maximum Gasteiger partial charge on any atom is 0.168 e. The van der Waals surface area contributed by atoms with Gasteiger partial charge in [-0.2, -0.15) is 0 Å². The zero-order valence-electron chi connectivity index (χ0n) is 19.9. The number of ether oxygens (including phenoxy) is 1. The molecule has 0 aliphatic carbocycles. The van der Waals surface area contributed by atoms with E-state index in [1.54, 1.807) is 11.3 Å². The number of aryl methyl sites for hydroxylation is 1. The van der Waals surface area contributed by atoms with Gasteiger partial charge in [-0.3, -0.25) is 9.80 Å². The van der Waals surface area contributed by atoms with E-state index in [9.17, 15) is 5.11 Å². The van der Waals surface area contributed by atoms with Crippen molar-refractivity contribution in [3.05, 3.63) is 64.3 Å². The van der Waals surface area contributed by atoms with Crippen LogP contribution in [0, 0.1) is 6.92 Å². The Morgan fingerprint density at radius 1 is 1.23 bits per heavy atom. The van der Waals surface area contributed by atoms with Gasteiger partial charge >= 0.3 is 0 Å². The highest BCUT2D eigenvalue weighted by molar-refractivity contribution is 7.18. The van der Waals surface area contributed by atoms with E-state index < -0.39 is 6.10 Å². The summed E-state index contributed by atoms with van der Waals surface area (Å²) < 4.78 is 12.5. The fraction of sp³-hybridized carbons (Fsp3) is 0.385. The van der Waals surface area contributed by atoms with Gasteiger partial charge in [0, 0.05) is 56.5 Å². The Morgan fingerprint density at radius 3 is 2.91 bits per heavy atom. The molecule has 35 heavy (non-hydrogen) atoms. The summed E-state index contributed by atoms with van der Waals surface area (Å²) in [5.74, 6) is 1.42. The number of halogens is 1. The summed E-state index contributed by atoms with van der Waals surface area (Å²) in [4.78, 5) is 9.19. The minimum atomic E-state index is -0.560. The first kappa shape index (κ1) is 24.2. The second-order valence-corrected chi connectivity index (χ2v) is 10.7. The largest absolute Gasteiger partial charge is 0.491 e. The molecule has 0 saturated carbocycles. The number of hydrogen-bond donors (Lipinski definition) is 1. The molecule has 0 spiro atoms. The summed E-state index contributed by atoms with van der Waals surface area (Å²) in [6.45, 7) is 8.39. The Labute approximate surface area is 213 Å². The maximum atomic E-state index is 10.6. The molecule has 4 aromatic rings. The number of hydrogen-bond acceptors (Lipinski definition) is 8. The molecule has 0 radical (unpaired) electrons. The summed E-state index contributed by atoms with van der Waals surface area (Å²) in [5.41, 5.74) is 2.68. The number of benzene rings is 2. The molecule has 184 valence electrons. The minimum Gasteiger partial charge on any atom is -0.491 e. The first-order valence-electron chi connectivity index (χ1n) is 11.8. The number of nitrogens with zero attached hydrogens (tertiary/aromatic N) is 4. The summed E-state index contributed by atoms with van der Waals surface area (Å²) >= 11 is 7.96. The lowest BCUT2D eigenvalue weighted by Crippen LogP contribution is -2.53.